The molecule has 0 aliphatic carbocycles. The number of ether oxygens (including phenoxy) is 3. The summed E-state index contributed by atoms with van der Waals surface area (Å²) < 4.78 is 15.9. The summed E-state index contributed by atoms with van der Waals surface area (Å²) in [6.07, 6.45) is 1.52. The SMILES string of the molecule is CCC(CC(=O)OC)c1ccc(C(CC)N2CCOCC2)c(NC(=O)OC(C)(C)C)c1. The molecule has 2 unspecified atom stereocenters. The molecule has 1 aliphatic rings. The largest absolute Gasteiger partial charge is 0.469 e. The number of morpholine rings is 1. The second kappa shape index (κ2) is 11.5. The third-order valence-electron chi connectivity index (χ3n) is 5.55. The smallest absolute Gasteiger partial charge is 0.412 e. The fraction of sp³-hybridized carbons (Fsp3) is 0.667. The minimum absolute atomic E-state index is 0.0177. The van der Waals surface area contributed by atoms with Gasteiger partial charge in [0.15, 0.2) is 0 Å². The van der Waals surface area contributed by atoms with Crippen LogP contribution in [0.1, 0.15) is 77.0 Å². The van der Waals surface area contributed by atoms with Crippen LogP contribution in [0.5, 0.6) is 0 Å². The summed E-state index contributed by atoms with van der Waals surface area (Å²) in [7, 11) is 1.40. The number of amides is 1. The van der Waals surface area contributed by atoms with E-state index in [1.54, 1.807) is 0 Å². The number of methoxy groups -OCH3 is 1. The summed E-state index contributed by atoms with van der Waals surface area (Å²) in [4.78, 5) is 26.9. The van der Waals surface area contributed by atoms with Gasteiger partial charge in [-0.25, -0.2) is 4.79 Å². The van der Waals surface area contributed by atoms with Gasteiger partial charge in [0, 0.05) is 24.8 Å². The molecule has 2 rings (SSSR count). The number of carbonyl (C=O) groups excluding carboxylic acids is 2. The molecule has 1 aliphatic heterocycles. The average Bonchev–Trinajstić information content (AvgIpc) is 2.72. The maximum absolute atomic E-state index is 12.6. The van der Waals surface area contributed by atoms with Gasteiger partial charge in [-0.15, -0.1) is 0 Å². The highest BCUT2D eigenvalue weighted by Gasteiger charge is 2.26. The van der Waals surface area contributed by atoms with Gasteiger partial charge in [0.25, 0.3) is 0 Å². The maximum Gasteiger partial charge on any atom is 0.412 e. The second-order valence-electron chi connectivity index (χ2n) is 8.93. The van der Waals surface area contributed by atoms with Crippen LogP contribution in [0, 0.1) is 0 Å². The van der Waals surface area contributed by atoms with E-state index in [0.717, 1.165) is 42.7 Å². The minimum Gasteiger partial charge on any atom is -0.469 e. The molecule has 7 heteroatoms. The number of esters is 1. The summed E-state index contributed by atoms with van der Waals surface area (Å²) in [6, 6.07) is 6.28. The Hall–Kier alpha value is -2.12. The topological polar surface area (TPSA) is 77.1 Å². The van der Waals surface area contributed by atoms with Gasteiger partial charge >= 0.3 is 12.1 Å². The van der Waals surface area contributed by atoms with Crippen molar-refractivity contribution in [3.05, 3.63) is 29.3 Å². The Morgan fingerprint density at radius 2 is 1.84 bits per heavy atom. The van der Waals surface area contributed by atoms with E-state index in [1.807, 2.05) is 33.8 Å². The number of benzene rings is 1. The molecule has 0 aromatic heterocycles. The Labute approximate surface area is 186 Å². The van der Waals surface area contributed by atoms with Crippen molar-refractivity contribution in [3.8, 4) is 0 Å². The number of carbonyl (C=O) groups is 2. The van der Waals surface area contributed by atoms with Crippen molar-refractivity contribution in [2.24, 2.45) is 0 Å². The van der Waals surface area contributed by atoms with Crippen molar-refractivity contribution in [2.75, 3.05) is 38.7 Å². The lowest BCUT2D eigenvalue weighted by molar-refractivity contribution is -0.141. The van der Waals surface area contributed by atoms with E-state index < -0.39 is 11.7 Å². The average molecular weight is 435 g/mol. The Morgan fingerprint density at radius 3 is 2.39 bits per heavy atom. The van der Waals surface area contributed by atoms with Gasteiger partial charge < -0.3 is 14.2 Å². The van der Waals surface area contributed by atoms with Crippen LogP contribution in [0.4, 0.5) is 10.5 Å². The Balaban J connectivity index is 2.40. The van der Waals surface area contributed by atoms with Gasteiger partial charge in [0.05, 0.1) is 26.7 Å². The molecular weight excluding hydrogens is 396 g/mol. The van der Waals surface area contributed by atoms with Crippen LogP contribution in [0.15, 0.2) is 18.2 Å². The zero-order chi connectivity index (χ0) is 23.0. The van der Waals surface area contributed by atoms with Crippen molar-refractivity contribution >= 4 is 17.7 Å². The number of hydrogen-bond donors (Lipinski definition) is 1. The number of nitrogens with one attached hydrogen (secondary N) is 1. The lowest BCUT2D eigenvalue weighted by Crippen LogP contribution is -2.39. The van der Waals surface area contributed by atoms with Crippen LogP contribution < -0.4 is 5.32 Å². The van der Waals surface area contributed by atoms with Crippen molar-refractivity contribution in [1.82, 2.24) is 4.90 Å². The highest BCUT2D eigenvalue weighted by atomic mass is 16.6. The van der Waals surface area contributed by atoms with Crippen LogP contribution >= 0.6 is 0 Å². The number of hydrogen-bond acceptors (Lipinski definition) is 6. The normalized spacial score (nSPS) is 17.0. The molecule has 7 nitrogen and oxygen atoms in total. The standard InChI is InChI=1S/C24H38N2O5/c1-7-17(16-22(27)29-6)18-9-10-19(21(8-2)26-11-13-30-14-12-26)20(15-18)25-23(28)31-24(3,4)5/h9-10,15,17,21H,7-8,11-14,16H2,1-6H3,(H,25,28). The van der Waals surface area contributed by atoms with Crippen molar-refractivity contribution in [2.45, 2.75) is 71.4 Å². The molecule has 1 aromatic carbocycles. The first-order valence-corrected chi connectivity index (χ1v) is 11.2. The second-order valence-corrected chi connectivity index (χ2v) is 8.93. The summed E-state index contributed by atoms with van der Waals surface area (Å²) >= 11 is 0. The van der Waals surface area contributed by atoms with E-state index in [1.165, 1.54) is 7.11 Å². The fourth-order valence-electron chi connectivity index (χ4n) is 3.99. The quantitative estimate of drug-likeness (QED) is 0.588. The Kier molecular flexibility index (Phi) is 9.32. The highest BCUT2D eigenvalue weighted by molar-refractivity contribution is 5.86. The van der Waals surface area contributed by atoms with Gasteiger partial charge in [0.1, 0.15) is 5.60 Å². The van der Waals surface area contributed by atoms with E-state index in [4.69, 9.17) is 14.2 Å². The molecule has 1 heterocycles. The van der Waals surface area contributed by atoms with Crippen LogP contribution in [0.3, 0.4) is 0 Å². The molecule has 2 atom stereocenters. The Morgan fingerprint density at radius 1 is 1.16 bits per heavy atom. The van der Waals surface area contributed by atoms with Gasteiger partial charge in [-0.1, -0.05) is 26.0 Å². The molecule has 1 saturated heterocycles. The first-order chi connectivity index (χ1) is 14.7. The number of anilines is 1. The third-order valence-corrected chi connectivity index (χ3v) is 5.55. The van der Waals surface area contributed by atoms with E-state index in [2.05, 4.69) is 29.3 Å². The molecule has 1 aromatic rings. The summed E-state index contributed by atoms with van der Waals surface area (Å²) in [5.41, 5.74) is 2.19. The first kappa shape index (κ1) is 25.1. The van der Waals surface area contributed by atoms with E-state index in [9.17, 15) is 9.59 Å². The first-order valence-electron chi connectivity index (χ1n) is 11.2. The maximum atomic E-state index is 12.6. The van der Waals surface area contributed by atoms with Crippen LogP contribution in [0.2, 0.25) is 0 Å². The predicted octanol–water partition coefficient (Wildman–Crippen LogP) is 4.87. The van der Waals surface area contributed by atoms with Crippen molar-refractivity contribution < 1.29 is 23.8 Å². The van der Waals surface area contributed by atoms with Crippen LogP contribution in [0.25, 0.3) is 0 Å². The zero-order valence-electron chi connectivity index (χ0n) is 19.8. The molecule has 0 radical (unpaired) electrons. The molecule has 0 bridgehead atoms. The van der Waals surface area contributed by atoms with Crippen LogP contribution in [-0.4, -0.2) is 56.0 Å². The van der Waals surface area contributed by atoms with E-state index in [0.29, 0.717) is 19.6 Å². The van der Waals surface area contributed by atoms with Crippen molar-refractivity contribution in [1.29, 1.82) is 0 Å². The lowest BCUT2D eigenvalue weighted by atomic mass is 9.90. The predicted molar refractivity (Wildman–Crippen MR) is 121 cm³/mol. The molecular formula is C24H38N2O5. The Bertz CT molecular complexity index is 738. The molecule has 1 amide bonds. The molecule has 1 fully saturated rings. The van der Waals surface area contributed by atoms with Gasteiger partial charge in [-0.05, 0) is 56.7 Å². The molecule has 31 heavy (non-hydrogen) atoms. The van der Waals surface area contributed by atoms with Crippen LogP contribution in [-0.2, 0) is 19.0 Å². The minimum atomic E-state index is -0.590. The third kappa shape index (κ3) is 7.51. The summed E-state index contributed by atoms with van der Waals surface area (Å²) in [6.45, 7) is 12.9. The molecule has 1 N–H and O–H groups in total. The molecule has 174 valence electrons. The summed E-state index contributed by atoms with van der Waals surface area (Å²) in [5.74, 6) is -0.221. The fourth-order valence-corrected chi connectivity index (χ4v) is 3.99. The monoisotopic (exact) mass is 434 g/mol. The lowest BCUT2D eigenvalue weighted by Gasteiger charge is -2.35. The van der Waals surface area contributed by atoms with E-state index in [-0.39, 0.29) is 17.9 Å². The van der Waals surface area contributed by atoms with Gasteiger partial charge in [-0.2, -0.15) is 0 Å². The molecule has 0 spiro atoms. The highest BCUT2D eigenvalue weighted by Crippen LogP contribution is 2.35. The molecule has 0 saturated carbocycles. The van der Waals surface area contributed by atoms with Gasteiger partial charge in [-0.3, -0.25) is 15.0 Å². The zero-order valence-corrected chi connectivity index (χ0v) is 19.8. The number of rotatable bonds is 8. The van der Waals surface area contributed by atoms with E-state index >= 15 is 0 Å². The number of nitrogens with zero attached hydrogens (tertiary/aromatic N) is 1. The van der Waals surface area contributed by atoms with Crippen molar-refractivity contribution in [3.63, 3.8) is 0 Å². The summed E-state index contributed by atoms with van der Waals surface area (Å²) in [5, 5.41) is 2.97. The van der Waals surface area contributed by atoms with Gasteiger partial charge in [0.2, 0.25) is 0 Å².